The minimum absolute atomic E-state index is 0.491. The van der Waals surface area contributed by atoms with E-state index in [1.54, 1.807) is 0 Å². The molecule has 132 valence electrons. The van der Waals surface area contributed by atoms with E-state index in [0.29, 0.717) is 23.1 Å². The smallest absolute Gasteiger partial charge is 0.231 e. The summed E-state index contributed by atoms with van der Waals surface area (Å²) in [6, 6.07) is 3.10. The predicted molar refractivity (Wildman–Crippen MR) is 104 cm³/mol. The van der Waals surface area contributed by atoms with Crippen LogP contribution in [0, 0.1) is 6.92 Å². The highest BCUT2D eigenvalue weighted by molar-refractivity contribution is 7.80. The molecule has 24 heavy (non-hydrogen) atoms. The maximum Gasteiger partial charge on any atom is 0.231 e. The van der Waals surface area contributed by atoms with Gasteiger partial charge < -0.3 is 15.5 Å². The van der Waals surface area contributed by atoms with Crippen LogP contribution in [-0.4, -0.2) is 33.7 Å². The van der Waals surface area contributed by atoms with Crippen LogP contribution >= 0.6 is 12.2 Å². The zero-order chi connectivity index (χ0) is 16.9. The second-order valence-electron chi connectivity index (χ2n) is 7.16. The molecule has 2 aliphatic rings. The molecule has 5 nitrogen and oxygen atoms in total. The Kier molecular flexibility index (Phi) is 5.87. The lowest BCUT2D eigenvalue weighted by atomic mass is 9.96. The maximum atomic E-state index is 5.47. The Bertz CT molecular complexity index is 571. The summed E-state index contributed by atoms with van der Waals surface area (Å²) < 4.78 is 0. The molecular formula is C18H29N5S. The fourth-order valence-corrected chi connectivity index (χ4v) is 4.02. The molecule has 2 fully saturated rings. The number of rotatable bonds is 3. The summed E-state index contributed by atoms with van der Waals surface area (Å²) in [4.78, 5) is 11.6. The van der Waals surface area contributed by atoms with E-state index in [-0.39, 0.29) is 0 Å². The largest absolute Gasteiger partial charge is 0.360 e. The van der Waals surface area contributed by atoms with E-state index in [2.05, 4.69) is 33.5 Å². The number of hydrogen-bond acceptors (Lipinski definition) is 4. The molecule has 1 aliphatic carbocycles. The number of hydrogen-bond donors (Lipinski definition) is 2. The molecule has 1 saturated carbocycles. The van der Waals surface area contributed by atoms with Crippen molar-refractivity contribution in [2.75, 3.05) is 16.8 Å². The third-order valence-corrected chi connectivity index (χ3v) is 5.32. The molecule has 0 bridgehead atoms. The van der Waals surface area contributed by atoms with Crippen LogP contribution in [-0.2, 0) is 0 Å². The van der Waals surface area contributed by atoms with Crippen LogP contribution in [0.4, 0.5) is 11.8 Å². The molecule has 1 atom stereocenters. The third-order valence-electron chi connectivity index (χ3n) is 5.10. The first-order valence-electron chi connectivity index (χ1n) is 9.31. The fraction of sp³-hybridized carbons (Fsp3) is 0.722. The first kappa shape index (κ1) is 17.4. The number of aryl methyl sites for hydroxylation is 1. The Balaban J connectivity index is 1.65. The summed E-state index contributed by atoms with van der Waals surface area (Å²) in [6.07, 6.45) is 10.1. The Morgan fingerprint density at radius 3 is 2.62 bits per heavy atom. The second-order valence-corrected chi connectivity index (χ2v) is 7.57. The van der Waals surface area contributed by atoms with Crippen molar-refractivity contribution in [2.45, 2.75) is 77.3 Å². The molecular weight excluding hydrogens is 318 g/mol. The first-order valence-corrected chi connectivity index (χ1v) is 9.72. The zero-order valence-electron chi connectivity index (χ0n) is 14.8. The highest BCUT2D eigenvalue weighted by Crippen LogP contribution is 2.24. The Morgan fingerprint density at radius 2 is 1.88 bits per heavy atom. The average molecular weight is 348 g/mol. The van der Waals surface area contributed by atoms with Gasteiger partial charge in [-0.1, -0.05) is 19.3 Å². The summed E-state index contributed by atoms with van der Waals surface area (Å²) in [5.74, 6) is 1.62. The molecule has 1 aliphatic heterocycles. The number of piperidine rings is 1. The summed E-state index contributed by atoms with van der Waals surface area (Å²) in [5, 5.41) is 7.26. The number of aromatic nitrogens is 2. The summed E-state index contributed by atoms with van der Waals surface area (Å²) in [7, 11) is 0. The van der Waals surface area contributed by atoms with Crippen LogP contribution in [0.5, 0.6) is 0 Å². The van der Waals surface area contributed by atoms with Crippen LogP contribution in [0.15, 0.2) is 6.07 Å². The van der Waals surface area contributed by atoms with Crippen LogP contribution in [0.1, 0.15) is 64.0 Å². The second kappa shape index (κ2) is 8.10. The third kappa shape index (κ3) is 4.56. The lowest BCUT2D eigenvalue weighted by Crippen LogP contribution is -2.40. The van der Waals surface area contributed by atoms with Gasteiger partial charge in [-0.15, -0.1) is 0 Å². The molecule has 1 aromatic heterocycles. The first-order chi connectivity index (χ1) is 11.6. The highest BCUT2D eigenvalue weighted by Gasteiger charge is 2.21. The standard InChI is InChI=1S/C18H29N5S/c1-13-12-16(23-11-7-6-8-14(23)2)21-17(19-13)22-18(24)20-15-9-4-3-5-10-15/h12,14-15H,3-11H2,1-2H3,(H2,19,20,21,22,24). The van der Waals surface area contributed by atoms with Gasteiger partial charge in [0.15, 0.2) is 5.11 Å². The molecule has 2 heterocycles. The summed E-state index contributed by atoms with van der Waals surface area (Å²) in [5.41, 5.74) is 0.973. The number of nitrogens with one attached hydrogen (secondary N) is 2. The van der Waals surface area contributed by atoms with E-state index in [0.717, 1.165) is 18.1 Å². The molecule has 1 aromatic rings. The number of thiocarbonyl (C=S) groups is 1. The van der Waals surface area contributed by atoms with Gasteiger partial charge in [-0.05, 0) is 58.2 Å². The number of nitrogens with zero attached hydrogens (tertiary/aromatic N) is 3. The monoisotopic (exact) mass is 347 g/mol. The van der Waals surface area contributed by atoms with Gasteiger partial charge in [0, 0.05) is 30.4 Å². The van der Waals surface area contributed by atoms with E-state index in [4.69, 9.17) is 17.2 Å². The Labute approximate surface area is 150 Å². The van der Waals surface area contributed by atoms with Crippen LogP contribution in [0.2, 0.25) is 0 Å². The van der Waals surface area contributed by atoms with Crippen molar-refractivity contribution in [2.24, 2.45) is 0 Å². The summed E-state index contributed by atoms with van der Waals surface area (Å²) in [6.45, 7) is 5.36. The van der Waals surface area contributed by atoms with Crippen molar-refractivity contribution in [1.29, 1.82) is 0 Å². The Hall–Kier alpha value is -1.43. The molecule has 3 rings (SSSR count). The molecule has 0 radical (unpaired) electrons. The fourth-order valence-electron chi connectivity index (χ4n) is 3.76. The highest BCUT2D eigenvalue weighted by atomic mass is 32.1. The molecule has 0 amide bonds. The molecule has 0 aromatic carbocycles. The van der Waals surface area contributed by atoms with E-state index in [1.807, 2.05) is 6.92 Å². The van der Waals surface area contributed by atoms with Gasteiger partial charge in [-0.2, -0.15) is 4.98 Å². The van der Waals surface area contributed by atoms with Gasteiger partial charge in [0.1, 0.15) is 5.82 Å². The van der Waals surface area contributed by atoms with E-state index in [9.17, 15) is 0 Å². The van der Waals surface area contributed by atoms with Crippen molar-refractivity contribution in [1.82, 2.24) is 15.3 Å². The molecule has 1 unspecified atom stereocenters. The normalized spacial score (nSPS) is 22.2. The molecule has 6 heteroatoms. The van der Waals surface area contributed by atoms with Gasteiger partial charge in [-0.25, -0.2) is 4.98 Å². The maximum absolute atomic E-state index is 5.47. The summed E-state index contributed by atoms with van der Waals surface area (Å²) >= 11 is 5.47. The van der Waals surface area contributed by atoms with Crippen molar-refractivity contribution in [3.63, 3.8) is 0 Å². The zero-order valence-corrected chi connectivity index (χ0v) is 15.7. The molecule has 1 saturated heterocycles. The number of anilines is 2. The quantitative estimate of drug-likeness (QED) is 0.812. The molecule has 2 N–H and O–H groups in total. The lowest BCUT2D eigenvalue weighted by molar-refractivity contribution is 0.414. The van der Waals surface area contributed by atoms with Gasteiger partial charge in [0.25, 0.3) is 0 Å². The minimum Gasteiger partial charge on any atom is -0.360 e. The van der Waals surface area contributed by atoms with E-state index < -0.39 is 0 Å². The van der Waals surface area contributed by atoms with Crippen LogP contribution in [0.3, 0.4) is 0 Å². The van der Waals surface area contributed by atoms with Crippen molar-refractivity contribution in [3.05, 3.63) is 11.8 Å². The van der Waals surface area contributed by atoms with E-state index >= 15 is 0 Å². The lowest BCUT2D eigenvalue weighted by Gasteiger charge is -2.34. The molecule has 0 spiro atoms. The Morgan fingerprint density at radius 1 is 1.12 bits per heavy atom. The average Bonchev–Trinajstić information content (AvgIpc) is 2.55. The minimum atomic E-state index is 0.491. The van der Waals surface area contributed by atoms with Crippen molar-refractivity contribution in [3.8, 4) is 0 Å². The van der Waals surface area contributed by atoms with E-state index in [1.165, 1.54) is 51.4 Å². The van der Waals surface area contributed by atoms with Crippen molar-refractivity contribution < 1.29 is 0 Å². The van der Waals surface area contributed by atoms with Crippen LogP contribution in [0.25, 0.3) is 0 Å². The van der Waals surface area contributed by atoms with Gasteiger partial charge >= 0.3 is 0 Å². The predicted octanol–water partition coefficient (Wildman–Crippen LogP) is 3.78. The van der Waals surface area contributed by atoms with Gasteiger partial charge in [-0.3, -0.25) is 0 Å². The topological polar surface area (TPSA) is 53.1 Å². The van der Waals surface area contributed by atoms with Crippen molar-refractivity contribution >= 4 is 29.1 Å². The van der Waals surface area contributed by atoms with Crippen LogP contribution < -0.4 is 15.5 Å². The SMILES string of the molecule is Cc1cc(N2CCCCC2C)nc(NC(=S)NC2CCCCC2)n1. The van der Waals surface area contributed by atoms with Gasteiger partial charge in [0.05, 0.1) is 0 Å². The van der Waals surface area contributed by atoms with Gasteiger partial charge in [0.2, 0.25) is 5.95 Å².